The highest BCUT2D eigenvalue weighted by Gasteiger charge is 2.30. The number of ether oxygens (including phenoxy) is 3. The first kappa shape index (κ1) is 13.6. The molecule has 0 bridgehead atoms. The van der Waals surface area contributed by atoms with Gasteiger partial charge in [-0.05, 0) is 29.8 Å². The van der Waals surface area contributed by atoms with Gasteiger partial charge >= 0.3 is 6.18 Å². The van der Waals surface area contributed by atoms with Gasteiger partial charge in [0.2, 0.25) is 6.79 Å². The van der Waals surface area contributed by atoms with Crippen molar-refractivity contribution in [2.45, 2.75) is 12.8 Å². The molecule has 1 aliphatic rings. The van der Waals surface area contributed by atoms with E-state index in [1.807, 2.05) is 0 Å². The Balaban J connectivity index is 1.70. The van der Waals surface area contributed by atoms with Gasteiger partial charge in [0.1, 0.15) is 12.4 Å². The van der Waals surface area contributed by atoms with E-state index in [0.717, 1.165) is 12.1 Å². The van der Waals surface area contributed by atoms with Crippen molar-refractivity contribution in [3.05, 3.63) is 53.6 Å². The summed E-state index contributed by atoms with van der Waals surface area (Å²) in [6.45, 7) is 0.204. The topological polar surface area (TPSA) is 27.7 Å². The monoisotopic (exact) mass is 296 g/mol. The second kappa shape index (κ2) is 5.20. The van der Waals surface area contributed by atoms with Gasteiger partial charge in [0.05, 0.1) is 5.56 Å². The number of rotatable bonds is 3. The number of hydrogen-bond acceptors (Lipinski definition) is 3. The number of benzene rings is 2. The highest BCUT2D eigenvalue weighted by atomic mass is 19.4. The van der Waals surface area contributed by atoms with E-state index >= 15 is 0 Å². The number of alkyl halides is 3. The first-order valence-electron chi connectivity index (χ1n) is 6.21. The minimum atomic E-state index is -4.35. The van der Waals surface area contributed by atoms with Crippen molar-refractivity contribution in [2.24, 2.45) is 0 Å². The molecule has 0 amide bonds. The van der Waals surface area contributed by atoms with E-state index in [4.69, 9.17) is 14.2 Å². The van der Waals surface area contributed by atoms with Crippen LogP contribution in [0, 0.1) is 0 Å². The average Bonchev–Trinajstić information content (AvgIpc) is 2.92. The number of fused-ring (bicyclic) bond motifs is 1. The lowest BCUT2D eigenvalue weighted by molar-refractivity contribution is -0.137. The Hall–Kier alpha value is -2.37. The molecule has 0 saturated carbocycles. The predicted octanol–water partition coefficient (Wildman–Crippen LogP) is 4.01. The van der Waals surface area contributed by atoms with Gasteiger partial charge in [0, 0.05) is 6.07 Å². The molecule has 0 radical (unpaired) electrons. The van der Waals surface area contributed by atoms with Crippen LogP contribution in [0.3, 0.4) is 0 Å². The lowest BCUT2D eigenvalue weighted by Gasteiger charge is -2.10. The maximum Gasteiger partial charge on any atom is 0.416 e. The minimum Gasteiger partial charge on any atom is -0.489 e. The summed E-state index contributed by atoms with van der Waals surface area (Å²) in [6.07, 6.45) is -4.35. The summed E-state index contributed by atoms with van der Waals surface area (Å²) in [5.74, 6) is 1.70. The Bertz CT molecular complexity index is 653. The van der Waals surface area contributed by atoms with E-state index < -0.39 is 11.7 Å². The molecule has 2 aromatic rings. The highest BCUT2D eigenvalue weighted by molar-refractivity contribution is 5.46. The minimum absolute atomic E-state index is 0.0452. The molecule has 0 aromatic heterocycles. The molecule has 0 N–H and O–H groups in total. The molecule has 0 fully saturated rings. The summed E-state index contributed by atoms with van der Waals surface area (Å²) in [5.41, 5.74) is -0.239. The Labute approximate surface area is 118 Å². The summed E-state index contributed by atoms with van der Waals surface area (Å²) in [7, 11) is 0. The normalized spacial score (nSPS) is 13.3. The lowest BCUT2D eigenvalue weighted by atomic mass is 10.1. The average molecular weight is 296 g/mol. The van der Waals surface area contributed by atoms with Crippen LogP contribution in [0.15, 0.2) is 42.5 Å². The second-order valence-corrected chi connectivity index (χ2v) is 4.50. The van der Waals surface area contributed by atoms with E-state index in [1.165, 1.54) is 6.07 Å². The molecule has 0 aliphatic carbocycles. The van der Waals surface area contributed by atoms with Crippen molar-refractivity contribution < 1.29 is 27.4 Å². The van der Waals surface area contributed by atoms with E-state index in [0.29, 0.717) is 22.8 Å². The molecule has 2 aromatic carbocycles. The van der Waals surface area contributed by atoms with Crippen LogP contribution in [-0.2, 0) is 12.8 Å². The lowest BCUT2D eigenvalue weighted by Crippen LogP contribution is -2.06. The summed E-state index contributed by atoms with van der Waals surface area (Å²) >= 11 is 0. The Morgan fingerprint density at radius 1 is 1.00 bits per heavy atom. The van der Waals surface area contributed by atoms with E-state index in [2.05, 4.69) is 0 Å². The van der Waals surface area contributed by atoms with Crippen LogP contribution in [0.25, 0.3) is 0 Å². The fourth-order valence-electron chi connectivity index (χ4n) is 1.97. The van der Waals surface area contributed by atoms with Crippen molar-refractivity contribution in [3.8, 4) is 17.2 Å². The predicted molar refractivity (Wildman–Crippen MR) is 68.3 cm³/mol. The molecule has 1 aliphatic heterocycles. The van der Waals surface area contributed by atoms with Crippen LogP contribution < -0.4 is 14.2 Å². The van der Waals surface area contributed by atoms with Crippen molar-refractivity contribution in [1.82, 2.24) is 0 Å². The van der Waals surface area contributed by atoms with Crippen molar-refractivity contribution >= 4 is 0 Å². The molecule has 21 heavy (non-hydrogen) atoms. The van der Waals surface area contributed by atoms with Gasteiger partial charge in [-0.1, -0.05) is 12.1 Å². The van der Waals surface area contributed by atoms with Gasteiger partial charge in [0.15, 0.2) is 11.5 Å². The standard InChI is InChI=1S/C15H11F3O3/c16-15(17,18)11-3-1-2-10(6-11)8-19-12-4-5-13-14(7-12)21-9-20-13/h1-7H,8-9H2. The van der Waals surface area contributed by atoms with Crippen LogP contribution in [0.5, 0.6) is 17.2 Å². The van der Waals surface area contributed by atoms with Gasteiger partial charge in [-0.2, -0.15) is 13.2 Å². The first-order chi connectivity index (χ1) is 10.0. The van der Waals surface area contributed by atoms with E-state index in [9.17, 15) is 13.2 Å². The number of hydrogen-bond donors (Lipinski definition) is 0. The fraction of sp³-hybridized carbons (Fsp3) is 0.200. The highest BCUT2D eigenvalue weighted by Crippen LogP contribution is 2.35. The molecular formula is C15H11F3O3. The molecule has 110 valence electrons. The van der Waals surface area contributed by atoms with E-state index in [-0.39, 0.29) is 13.4 Å². The van der Waals surface area contributed by atoms with Crippen molar-refractivity contribution in [1.29, 1.82) is 0 Å². The third kappa shape index (κ3) is 3.04. The molecule has 6 heteroatoms. The molecule has 3 nitrogen and oxygen atoms in total. The van der Waals surface area contributed by atoms with Crippen molar-refractivity contribution in [3.63, 3.8) is 0 Å². The molecule has 0 saturated heterocycles. The molecule has 0 atom stereocenters. The Morgan fingerprint density at radius 2 is 1.81 bits per heavy atom. The maximum absolute atomic E-state index is 12.6. The van der Waals surface area contributed by atoms with Crippen LogP contribution in [-0.4, -0.2) is 6.79 Å². The SMILES string of the molecule is FC(F)(F)c1cccc(COc2ccc3c(c2)OCO3)c1. The van der Waals surface area contributed by atoms with Gasteiger partial charge in [-0.15, -0.1) is 0 Å². The van der Waals surface area contributed by atoms with Crippen molar-refractivity contribution in [2.75, 3.05) is 6.79 Å². The largest absolute Gasteiger partial charge is 0.489 e. The van der Waals surface area contributed by atoms with Crippen LogP contribution in [0.4, 0.5) is 13.2 Å². The molecular weight excluding hydrogens is 285 g/mol. The summed E-state index contributed by atoms with van der Waals surface area (Å²) < 4.78 is 53.7. The zero-order chi connectivity index (χ0) is 14.9. The zero-order valence-electron chi connectivity index (χ0n) is 10.8. The second-order valence-electron chi connectivity index (χ2n) is 4.50. The summed E-state index contributed by atoms with van der Waals surface area (Å²) in [4.78, 5) is 0. The Morgan fingerprint density at radius 3 is 2.62 bits per heavy atom. The molecule has 1 heterocycles. The van der Waals surface area contributed by atoms with Gasteiger partial charge in [0.25, 0.3) is 0 Å². The fourth-order valence-corrected chi connectivity index (χ4v) is 1.97. The van der Waals surface area contributed by atoms with Crippen LogP contribution in [0.1, 0.15) is 11.1 Å². The van der Waals surface area contributed by atoms with Crippen LogP contribution >= 0.6 is 0 Å². The smallest absolute Gasteiger partial charge is 0.416 e. The molecule has 0 spiro atoms. The third-order valence-electron chi connectivity index (χ3n) is 3.00. The third-order valence-corrected chi connectivity index (χ3v) is 3.00. The van der Waals surface area contributed by atoms with Gasteiger partial charge in [-0.3, -0.25) is 0 Å². The summed E-state index contributed by atoms with van der Waals surface area (Å²) in [6, 6.07) is 10.1. The molecule has 0 unspecified atom stereocenters. The quantitative estimate of drug-likeness (QED) is 0.856. The van der Waals surface area contributed by atoms with Crippen LogP contribution in [0.2, 0.25) is 0 Å². The van der Waals surface area contributed by atoms with Gasteiger partial charge < -0.3 is 14.2 Å². The van der Waals surface area contributed by atoms with Gasteiger partial charge in [-0.25, -0.2) is 0 Å². The zero-order valence-corrected chi connectivity index (χ0v) is 10.8. The number of halogens is 3. The Kier molecular flexibility index (Phi) is 3.37. The van der Waals surface area contributed by atoms with E-state index in [1.54, 1.807) is 24.3 Å². The maximum atomic E-state index is 12.6. The summed E-state index contributed by atoms with van der Waals surface area (Å²) in [5, 5.41) is 0. The molecule has 3 rings (SSSR count). The first-order valence-corrected chi connectivity index (χ1v) is 6.21.